The molecule has 0 saturated carbocycles. The lowest BCUT2D eigenvalue weighted by Crippen LogP contribution is -1.88. The van der Waals surface area contributed by atoms with Crippen LogP contribution in [0.15, 0.2) is 48.8 Å². The van der Waals surface area contributed by atoms with Crippen molar-refractivity contribution in [2.24, 2.45) is 0 Å². The van der Waals surface area contributed by atoms with Gasteiger partial charge in [0, 0.05) is 16.5 Å². The summed E-state index contributed by atoms with van der Waals surface area (Å²) >= 11 is 0. The number of methoxy groups -OCH3 is 1. The summed E-state index contributed by atoms with van der Waals surface area (Å²) in [7, 11) is 1.64. The van der Waals surface area contributed by atoms with Gasteiger partial charge in [0.2, 0.25) is 0 Å². The largest absolute Gasteiger partial charge is 0.497 e. The second kappa shape index (κ2) is 5.11. The Morgan fingerprint density at radius 2 is 1.91 bits per heavy atom. The van der Waals surface area contributed by atoms with Crippen LogP contribution in [0, 0.1) is 11.3 Å². The number of nitrogens with one attached hydrogen (secondary N) is 1. The fourth-order valence-corrected chi connectivity index (χ4v) is 2.76. The third-order valence-electron chi connectivity index (χ3n) is 3.88. The number of aromatic amines is 1. The van der Waals surface area contributed by atoms with Gasteiger partial charge in [0.25, 0.3) is 0 Å². The molecule has 23 heavy (non-hydrogen) atoms. The van der Waals surface area contributed by atoms with Crippen molar-refractivity contribution in [2.75, 3.05) is 7.11 Å². The topological polar surface area (TPSA) is 74.6 Å². The Bertz CT molecular complexity index is 1060. The first-order chi connectivity index (χ1) is 11.3. The van der Waals surface area contributed by atoms with E-state index in [2.05, 4.69) is 21.0 Å². The van der Waals surface area contributed by atoms with Gasteiger partial charge in [-0.15, -0.1) is 0 Å². The van der Waals surface area contributed by atoms with Crippen LogP contribution in [-0.2, 0) is 0 Å². The minimum Gasteiger partial charge on any atom is -0.497 e. The van der Waals surface area contributed by atoms with E-state index in [0.29, 0.717) is 5.56 Å². The van der Waals surface area contributed by atoms with E-state index < -0.39 is 0 Å². The molecule has 4 aromatic rings. The highest BCUT2D eigenvalue weighted by Gasteiger charge is 2.13. The fraction of sp³-hybridized carbons (Fsp3) is 0.0556. The second-order valence-corrected chi connectivity index (χ2v) is 5.17. The average molecular weight is 300 g/mol. The standard InChI is InChI=1S/C18H12N4O/c1-23-13-5-3-12(4-6-13)17-16-14-8-11(9-19)2-7-15(14)22-18(16)21-10-20-17/h2-8,10H,1H3,(H,20,21,22). The molecule has 2 aromatic carbocycles. The molecular formula is C18H12N4O. The molecule has 0 bridgehead atoms. The van der Waals surface area contributed by atoms with E-state index >= 15 is 0 Å². The highest BCUT2D eigenvalue weighted by atomic mass is 16.5. The summed E-state index contributed by atoms with van der Waals surface area (Å²) in [5, 5.41) is 11.0. The number of hydrogen-bond acceptors (Lipinski definition) is 4. The summed E-state index contributed by atoms with van der Waals surface area (Å²) < 4.78 is 5.20. The molecule has 0 unspecified atom stereocenters. The SMILES string of the molecule is COc1ccc(-c2ncnc3[nH]c4ccc(C#N)cc4c23)cc1. The van der Waals surface area contributed by atoms with E-state index in [1.165, 1.54) is 0 Å². The zero-order valence-electron chi connectivity index (χ0n) is 12.4. The van der Waals surface area contributed by atoms with Crippen molar-refractivity contribution < 1.29 is 4.74 Å². The number of fused-ring (bicyclic) bond motifs is 3. The lowest BCUT2D eigenvalue weighted by Gasteiger charge is -2.04. The van der Waals surface area contributed by atoms with E-state index in [0.717, 1.165) is 38.9 Å². The fourth-order valence-electron chi connectivity index (χ4n) is 2.76. The predicted octanol–water partition coefficient (Wildman–Crippen LogP) is 3.66. The molecular weight excluding hydrogens is 288 g/mol. The van der Waals surface area contributed by atoms with Crippen molar-refractivity contribution in [2.45, 2.75) is 0 Å². The number of H-pyrrole nitrogens is 1. The zero-order chi connectivity index (χ0) is 15.8. The van der Waals surface area contributed by atoms with Crippen LogP contribution in [0.1, 0.15) is 5.56 Å². The first-order valence-corrected chi connectivity index (χ1v) is 7.11. The number of hydrogen-bond donors (Lipinski definition) is 1. The monoisotopic (exact) mass is 300 g/mol. The van der Waals surface area contributed by atoms with Crippen molar-refractivity contribution >= 4 is 21.9 Å². The van der Waals surface area contributed by atoms with Crippen LogP contribution in [0.3, 0.4) is 0 Å². The van der Waals surface area contributed by atoms with Crippen LogP contribution in [0.25, 0.3) is 33.2 Å². The maximum absolute atomic E-state index is 9.15. The molecule has 0 atom stereocenters. The number of rotatable bonds is 2. The van der Waals surface area contributed by atoms with Crippen LogP contribution in [-0.4, -0.2) is 22.1 Å². The first-order valence-electron chi connectivity index (χ1n) is 7.11. The van der Waals surface area contributed by atoms with Crippen molar-refractivity contribution in [3.8, 4) is 23.1 Å². The quantitative estimate of drug-likeness (QED) is 0.613. The molecule has 0 aliphatic carbocycles. The molecule has 0 saturated heterocycles. The molecule has 110 valence electrons. The summed E-state index contributed by atoms with van der Waals surface area (Å²) in [6, 6.07) is 15.5. The molecule has 0 spiro atoms. The summed E-state index contributed by atoms with van der Waals surface area (Å²) in [6.45, 7) is 0. The maximum atomic E-state index is 9.15. The molecule has 0 amide bonds. The Kier molecular flexibility index (Phi) is 2.95. The van der Waals surface area contributed by atoms with E-state index in [-0.39, 0.29) is 0 Å². The number of nitriles is 1. The molecule has 5 heteroatoms. The Balaban J connectivity index is 2.04. The lowest BCUT2D eigenvalue weighted by molar-refractivity contribution is 0.415. The summed E-state index contributed by atoms with van der Waals surface area (Å²) in [4.78, 5) is 12.1. The number of benzene rings is 2. The summed E-state index contributed by atoms with van der Waals surface area (Å²) in [5.41, 5.74) is 4.12. The van der Waals surface area contributed by atoms with Crippen molar-refractivity contribution in [1.29, 1.82) is 5.26 Å². The van der Waals surface area contributed by atoms with Crippen LogP contribution < -0.4 is 4.74 Å². The van der Waals surface area contributed by atoms with E-state index in [1.807, 2.05) is 36.4 Å². The summed E-state index contributed by atoms with van der Waals surface area (Å²) in [5.74, 6) is 0.796. The number of aromatic nitrogens is 3. The zero-order valence-corrected chi connectivity index (χ0v) is 12.4. The average Bonchev–Trinajstić information content (AvgIpc) is 2.99. The number of nitrogens with zero attached hydrogens (tertiary/aromatic N) is 3. The van der Waals surface area contributed by atoms with Gasteiger partial charge in [0.05, 0.1) is 29.8 Å². The van der Waals surface area contributed by atoms with Crippen LogP contribution in [0.2, 0.25) is 0 Å². The highest BCUT2D eigenvalue weighted by Crippen LogP contribution is 2.33. The van der Waals surface area contributed by atoms with Crippen molar-refractivity contribution in [1.82, 2.24) is 15.0 Å². The van der Waals surface area contributed by atoms with E-state index in [9.17, 15) is 0 Å². The molecule has 0 aliphatic heterocycles. The molecule has 4 rings (SSSR count). The van der Waals surface area contributed by atoms with E-state index in [4.69, 9.17) is 10.00 Å². The smallest absolute Gasteiger partial charge is 0.142 e. The third kappa shape index (κ3) is 2.09. The Hall–Kier alpha value is -3.39. The second-order valence-electron chi connectivity index (χ2n) is 5.17. The Morgan fingerprint density at radius 3 is 2.65 bits per heavy atom. The van der Waals surface area contributed by atoms with Crippen LogP contribution in [0.5, 0.6) is 5.75 Å². The lowest BCUT2D eigenvalue weighted by atomic mass is 10.1. The van der Waals surface area contributed by atoms with Crippen molar-refractivity contribution in [3.05, 3.63) is 54.4 Å². The van der Waals surface area contributed by atoms with E-state index in [1.54, 1.807) is 19.5 Å². The van der Waals surface area contributed by atoms with Gasteiger partial charge in [-0.25, -0.2) is 9.97 Å². The first kappa shape index (κ1) is 13.3. The van der Waals surface area contributed by atoms with Gasteiger partial charge < -0.3 is 9.72 Å². The van der Waals surface area contributed by atoms with Crippen LogP contribution >= 0.6 is 0 Å². The van der Waals surface area contributed by atoms with Gasteiger partial charge in [-0.3, -0.25) is 0 Å². The van der Waals surface area contributed by atoms with Gasteiger partial charge in [-0.05, 0) is 42.5 Å². The predicted molar refractivity (Wildman–Crippen MR) is 88.1 cm³/mol. The van der Waals surface area contributed by atoms with Crippen LogP contribution in [0.4, 0.5) is 0 Å². The van der Waals surface area contributed by atoms with Crippen molar-refractivity contribution in [3.63, 3.8) is 0 Å². The molecule has 1 N–H and O–H groups in total. The molecule has 2 aromatic heterocycles. The van der Waals surface area contributed by atoms with Gasteiger partial charge in [-0.1, -0.05) is 0 Å². The van der Waals surface area contributed by atoms with Gasteiger partial charge in [0.1, 0.15) is 17.7 Å². The highest BCUT2D eigenvalue weighted by molar-refractivity contribution is 6.12. The Morgan fingerprint density at radius 1 is 1.09 bits per heavy atom. The Labute approximate surface area is 132 Å². The molecule has 5 nitrogen and oxygen atoms in total. The molecule has 0 radical (unpaired) electrons. The maximum Gasteiger partial charge on any atom is 0.142 e. The van der Waals surface area contributed by atoms with Gasteiger partial charge >= 0.3 is 0 Å². The number of ether oxygens (including phenoxy) is 1. The van der Waals surface area contributed by atoms with Gasteiger partial charge in [-0.2, -0.15) is 5.26 Å². The minimum atomic E-state index is 0.614. The van der Waals surface area contributed by atoms with Gasteiger partial charge in [0.15, 0.2) is 0 Å². The molecule has 0 fully saturated rings. The summed E-state index contributed by atoms with van der Waals surface area (Å²) in [6.07, 6.45) is 1.54. The normalized spacial score (nSPS) is 10.8. The molecule has 2 heterocycles. The minimum absolute atomic E-state index is 0.614. The molecule has 0 aliphatic rings. The third-order valence-corrected chi connectivity index (χ3v) is 3.88.